The van der Waals surface area contributed by atoms with Gasteiger partial charge in [-0.2, -0.15) is 5.26 Å². The zero-order valence-electron chi connectivity index (χ0n) is 16.0. The number of hydrogen-bond donors (Lipinski definition) is 1. The van der Waals surface area contributed by atoms with Crippen molar-refractivity contribution in [3.05, 3.63) is 63.7 Å². The van der Waals surface area contributed by atoms with Crippen LogP contribution in [0.2, 0.25) is 5.02 Å². The molecule has 0 saturated heterocycles. The van der Waals surface area contributed by atoms with Gasteiger partial charge in [-0.05, 0) is 61.1 Å². The average Bonchev–Trinajstić information content (AvgIpc) is 3.16. The lowest BCUT2D eigenvalue weighted by atomic mass is 9.92. The first-order valence-corrected chi connectivity index (χ1v) is 10.3. The van der Waals surface area contributed by atoms with Crippen LogP contribution >= 0.6 is 11.6 Å². The largest absolute Gasteiger partial charge is 0.496 e. The molecule has 1 N–H and O–H groups in total. The van der Waals surface area contributed by atoms with Crippen LogP contribution in [-0.2, 0) is 12.8 Å². The van der Waals surface area contributed by atoms with Gasteiger partial charge in [-0.3, -0.25) is 4.99 Å². The Balaban J connectivity index is 1.60. The normalized spacial score (nSPS) is 20.7. The second-order valence-corrected chi connectivity index (χ2v) is 7.89. The third-order valence-electron chi connectivity index (χ3n) is 5.77. The Morgan fingerprint density at radius 3 is 2.86 bits per heavy atom. The first kappa shape index (κ1) is 18.8. The number of nitrogens with one attached hydrogen (secondary N) is 1. The molecule has 144 valence electrons. The van der Waals surface area contributed by atoms with Crippen LogP contribution in [0.4, 0.5) is 0 Å². The predicted octanol–water partition coefficient (Wildman–Crippen LogP) is 4.67. The molecule has 1 saturated carbocycles. The second kappa shape index (κ2) is 8.24. The molecule has 0 spiro atoms. The van der Waals surface area contributed by atoms with Crippen molar-refractivity contribution < 1.29 is 4.74 Å². The minimum Gasteiger partial charge on any atom is -0.496 e. The molecule has 4 nitrogen and oxygen atoms in total. The van der Waals surface area contributed by atoms with Crippen LogP contribution in [0.25, 0.3) is 0 Å². The van der Waals surface area contributed by atoms with Crippen LogP contribution in [0.1, 0.15) is 47.9 Å². The van der Waals surface area contributed by atoms with Crippen LogP contribution in [0.3, 0.4) is 0 Å². The van der Waals surface area contributed by atoms with Crippen molar-refractivity contribution in [1.29, 1.82) is 5.26 Å². The molecule has 0 radical (unpaired) electrons. The molecular formula is C23H24ClN3O. The van der Waals surface area contributed by atoms with Crippen molar-refractivity contribution in [3.8, 4) is 11.8 Å². The van der Waals surface area contributed by atoms with E-state index in [-0.39, 0.29) is 0 Å². The van der Waals surface area contributed by atoms with E-state index in [1.807, 2.05) is 24.3 Å². The van der Waals surface area contributed by atoms with E-state index in [0.717, 1.165) is 52.6 Å². The third-order valence-corrected chi connectivity index (χ3v) is 6.13. The van der Waals surface area contributed by atoms with Crippen molar-refractivity contribution in [2.75, 3.05) is 7.11 Å². The molecule has 1 aliphatic carbocycles. The summed E-state index contributed by atoms with van der Waals surface area (Å²) in [4.78, 5) is 4.98. The van der Waals surface area contributed by atoms with E-state index in [2.05, 4.69) is 17.5 Å². The van der Waals surface area contributed by atoms with Crippen LogP contribution in [0, 0.1) is 11.3 Å². The summed E-state index contributed by atoms with van der Waals surface area (Å²) < 4.78 is 5.48. The van der Waals surface area contributed by atoms with Crippen molar-refractivity contribution in [2.24, 2.45) is 4.99 Å². The third kappa shape index (κ3) is 3.72. The Hall–Kier alpha value is -2.51. The van der Waals surface area contributed by atoms with Gasteiger partial charge in [-0.1, -0.05) is 36.6 Å². The van der Waals surface area contributed by atoms with Crippen molar-refractivity contribution >= 4 is 17.4 Å². The number of aliphatic imine (C=N–C) groups is 1. The Labute approximate surface area is 171 Å². The quantitative estimate of drug-likeness (QED) is 0.803. The Kier molecular flexibility index (Phi) is 5.54. The van der Waals surface area contributed by atoms with Crippen molar-refractivity contribution in [1.82, 2.24) is 5.32 Å². The van der Waals surface area contributed by atoms with E-state index in [9.17, 15) is 5.26 Å². The van der Waals surface area contributed by atoms with Gasteiger partial charge in [0.25, 0.3) is 0 Å². The summed E-state index contributed by atoms with van der Waals surface area (Å²) in [7, 11) is 1.66. The maximum absolute atomic E-state index is 9.21. The molecule has 2 aliphatic rings. The van der Waals surface area contributed by atoms with E-state index in [0.29, 0.717) is 17.6 Å². The Morgan fingerprint density at radius 1 is 1.21 bits per heavy atom. The van der Waals surface area contributed by atoms with Gasteiger partial charge in [-0.25, -0.2) is 0 Å². The van der Waals surface area contributed by atoms with Gasteiger partial charge in [-0.15, -0.1) is 0 Å². The van der Waals surface area contributed by atoms with E-state index in [1.165, 1.54) is 19.3 Å². The van der Waals surface area contributed by atoms with Gasteiger partial charge in [0.2, 0.25) is 0 Å². The number of rotatable bonds is 5. The molecule has 2 aromatic carbocycles. The molecule has 1 heterocycles. The summed E-state index contributed by atoms with van der Waals surface area (Å²) in [6.07, 6.45) is 6.39. The summed E-state index contributed by atoms with van der Waals surface area (Å²) >= 11 is 6.59. The summed E-state index contributed by atoms with van der Waals surface area (Å²) in [6, 6.07) is 14.6. The summed E-state index contributed by atoms with van der Waals surface area (Å²) in [5.74, 6) is 1.78. The molecule has 1 aliphatic heterocycles. The predicted molar refractivity (Wildman–Crippen MR) is 112 cm³/mol. The lowest BCUT2D eigenvalue weighted by Crippen LogP contribution is -2.37. The summed E-state index contributed by atoms with van der Waals surface area (Å²) in [5.41, 5.74) is 3.85. The molecule has 0 bridgehead atoms. The minimum atomic E-state index is 0.392. The highest BCUT2D eigenvalue weighted by molar-refractivity contribution is 6.32. The van der Waals surface area contributed by atoms with Gasteiger partial charge < -0.3 is 10.1 Å². The topological polar surface area (TPSA) is 57.4 Å². The molecule has 0 amide bonds. The molecule has 2 atom stereocenters. The highest BCUT2D eigenvalue weighted by Gasteiger charge is 2.32. The van der Waals surface area contributed by atoms with E-state index < -0.39 is 0 Å². The number of benzene rings is 2. The zero-order chi connectivity index (χ0) is 19.5. The van der Waals surface area contributed by atoms with Crippen molar-refractivity contribution in [2.45, 2.75) is 50.6 Å². The molecule has 2 aromatic rings. The fourth-order valence-electron chi connectivity index (χ4n) is 4.30. The zero-order valence-corrected chi connectivity index (χ0v) is 16.8. The fourth-order valence-corrected chi connectivity index (χ4v) is 4.57. The van der Waals surface area contributed by atoms with Gasteiger partial charge >= 0.3 is 0 Å². The first-order valence-electron chi connectivity index (χ1n) is 9.88. The number of amidine groups is 1. The molecule has 1 fully saturated rings. The molecule has 4 rings (SSSR count). The highest BCUT2D eigenvalue weighted by Crippen LogP contribution is 2.30. The second-order valence-electron chi connectivity index (χ2n) is 7.48. The lowest BCUT2D eigenvalue weighted by molar-refractivity contribution is 0.385. The smallest absolute Gasteiger partial charge is 0.129 e. The molecular weight excluding hydrogens is 370 g/mol. The lowest BCUT2D eigenvalue weighted by Gasteiger charge is -2.23. The number of ether oxygens (including phenoxy) is 1. The number of nitrogens with zero attached hydrogens (tertiary/aromatic N) is 2. The maximum Gasteiger partial charge on any atom is 0.129 e. The average molecular weight is 394 g/mol. The first-order chi connectivity index (χ1) is 13.7. The van der Waals surface area contributed by atoms with E-state index >= 15 is 0 Å². The van der Waals surface area contributed by atoms with Crippen molar-refractivity contribution in [3.63, 3.8) is 0 Å². The highest BCUT2D eigenvalue weighted by atomic mass is 35.5. The van der Waals surface area contributed by atoms with Crippen LogP contribution in [0.5, 0.6) is 5.75 Å². The number of halogens is 1. The fraction of sp³-hybridized carbons (Fsp3) is 0.391. The van der Waals surface area contributed by atoms with Gasteiger partial charge in [0.1, 0.15) is 11.6 Å². The monoisotopic (exact) mass is 393 g/mol. The molecule has 28 heavy (non-hydrogen) atoms. The number of hydrogen-bond acceptors (Lipinski definition) is 4. The van der Waals surface area contributed by atoms with Gasteiger partial charge in [0.15, 0.2) is 0 Å². The van der Waals surface area contributed by atoms with E-state index in [4.69, 9.17) is 21.3 Å². The molecule has 5 heteroatoms. The standard InChI is InChI=1S/C23H24ClN3O/c1-28-22-12-9-15(14-25)13-16(22)10-11-17-18(5-4-6-19(17)24)23-26-20-7-2-3-8-21(20)27-23/h4-6,9,12-13,20-21H,2-3,7-8,10-11H2,1H3,(H,26,27)/t20-,21?/m0/s1. The summed E-state index contributed by atoms with van der Waals surface area (Å²) in [5, 5.41) is 13.6. The Bertz CT molecular complexity index is 947. The SMILES string of the molecule is COc1ccc(C#N)cc1CCc1c(Cl)cccc1C1=N[C@H]2CCCCC2N1. The van der Waals surface area contributed by atoms with Crippen LogP contribution < -0.4 is 10.1 Å². The van der Waals surface area contributed by atoms with Gasteiger partial charge in [0, 0.05) is 16.6 Å². The molecule has 0 aromatic heterocycles. The van der Waals surface area contributed by atoms with E-state index in [1.54, 1.807) is 13.2 Å². The molecule has 1 unspecified atom stereocenters. The van der Waals surface area contributed by atoms with Gasteiger partial charge in [0.05, 0.1) is 24.8 Å². The minimum absolute atomic E-state index is 0.392. The van der Waals surface area contributed by atoms with Crippen LogP contribution in [-0.4, -0.2) is 25.0 Å². The summed E-state index contributed by atoms with van der Waals surface area (Å²) in [6.45, 7) is 0. The number of methoxy groups -OCH3 is 1. The number of nitriles is 1. The Morgan fingerprint density at radius 2 is 2.07 bits per heavy atom. The number of aryl methyl sites for hydroxylation is 1. The maximum atomic E-state index is 9.21. The number of fused-ring (bicyclic) bond motifs is 1. The van der Waals surface area contributed by atoms with Crippen LogP contribution in [0.15, 0.2) is 41.4 Å².